The Hall–Kier alpha value is -3.27. The van der Waals surface area contributed by atoms with Crippen molar-refractivity contribution in [2.24, 2.45) is 0 Å². The van der Waals surface area contributed by atoms with Crippen LogP contribution in [0, 0.1) is 20.8 Å². The van der Waals surface area contributed by atoms with Crippen molar-refractivity contribution < 1.29 is 25.3 Å². The van der Waals surface area contributed by atoms with E-state index in [9.17, 15) is 25.3 Å². The molecule has 0 aromatic heterocycles. The van der Waals surface area contributed by atoms with E-state index in [1.807, 2.05) is 0 Å². The molecule has 0 spiro atoms. The summed E-state index contributed by atoms with van der Waals surface area (Å²) >= 11 is 0. The van der Waals surface area contributed by atoms with Crippen molar-refractivity contribution in [2.75, 3.05) is 0 Å². The number of aryl methyl sites for hydroxylation is 3. The lowest BCUT2D eigenvalue weighted by Gasteiger charge is -2.13. The fraction of sp³-hybridized carbons (Fsp3) is 0.111. The Morgan fingerprint density at radius 2 is 0.528 bits per heavy atom. The number of rotatable bonds is 6. The van der Waals surface area contributed by atoms with Gasteiger partial charge in [0, 0.05) is 0 Å². The fourth-order valence-electron chi connectivity index (χ4n) is 3.57. The maximum atomic E-state index is 13.5. The molecule has 0 atom stereocenters. The highest BCUT2D eigenvalue weighted by atomic mass is 32.2. The van der Waals surface area contributed by atoms with Crippen LogP contribution < -0.4 is 0 Å². The smallest absolute Gasteiger partial charge is 0.206 e. The van der Waals surface area contributed by atoms with Gasteiger partial charge in [0.15, 0.2) is 0 Å². The topological polar surface area (TPSA) is 102 Å². The van der Waals surface area contributed by atoms with E-state index in [2.05, 4.69) is 0 Å². The molecule has 0 bridgehead atoms. The Balaban J connectivity index is 1.99. The number of hydrogen-bond donors (Lipinski definition) is 0. The Bertz CT molecular complexity index is 1530. The highest BCUT2D eigenvalue weighted by molar-refractivity contribution is 7.93. The van der Waals surface area contributed by atoms with Crippen LogP contribution in [0.25, 0.3) is 0 Å². The SMILES string of the molecule is Cc1ccc(S(=O)(=O)c2cc(S(=O)(=O)c3ccc(C)cc3)cc(S(=O)(=O)c3ccc(C)cc3)c2)cc1. The minimum absolute atomic E-state index is 0.0725. The van der Waals surface area contributed by atoms with E-state index in [4.69, 9.17) is 0 Å². The summed E-state index contributed by atoms with van der Waals surface area (Å²) in [5, 5.41) is 0. The van der Waals surface area contributed by atoms with Crippen LogP contribution in [0.1, 0.15) is 16.7 Å². The molecular formula is C27H24O6S3. The van der Waals surface area contributed by atoms with Crippen LogP contribution >= 0.6 is 0 Å². The molecule has 186 valence electrons. The molecule has 4 aromatic rings. The van der Waals surface area contributed by atoms with E-state index in [-0.39, 0.29) is 14.7 Å². The van der Waals surface area contributed by atoms with Gasteiger partial charge in [0.05, 0.1) is 29.4 Å². The van der Waals surface area contributed by atoms with Gasteiger partial charge in [-0.25, -0.2) is 25.3 Å². The van der Waals surface area contributed by atoms with Crippen LogP contribution in [-0.2, 0) is 29.5 Å². The molecule has 0 N–H and O–H groups in total. The fourth-order valence-corrected chi connectivity index (χ4v) is 7.79. The van der Waals surface area contributed by atoms with Gasteiger partial charge in [-0.05, 0) is 75.4 Å². The third-order valence-electron chi connectivity index (χ3n) is 5.78. The molecule has 0 aliphatic heterocycles. The molecule has 0 amide bonds. The first kappa shape index (κ1) is 25.8. The lowest BCUT2D eigenvalue weighted by atomic mass is 10.2. The summed E-state index contributed by atoms with van der Waals surface area (Å²) in [5.41, 5.74) is 2.52. The monoisotopic (exact) mass is 540 g/mol. The second kappa shape index (κ2) is 9.31. The van der Waals surface area contributed by atoms with Crippen LogP contribution in [-0.4, -0.2) is 25.3 Å². The second-order valence-electron chi connectivity index (χ2n) is 8.59. The molecule has 36 heavy (non-hydrogen) atoms. The highest BCUT2D eigenvalue weighted by Crippen LogP contribution is 2.32. The minimum atomic E-state index is -4.23. The zero-order valence-corrected chi connectivity index (χ0v) is 22.3. The first-order chi connectivity index (χ1) is 16.8. The Labute approximate surface area is 212 Å². The van der Waals surface area contributed by atoms with Gasteiger partial charge in [0.1, 0.15) is 0 Å². The van der Waals surface area contributed by atoms with Crippen molar-refractivity contribution >= 4 is 29.5 Å². The van der Waals surface area contributed by atoms with Gasteiger partial charge in [0.25, 0.3) is 0 Å². The molecule has 0 aliphatic carbocycles. The van der Waals surface area contributed by atoms with Crippen molar-refractivity contribution in [3.8, 4) is 0 Å². The molecule has 4 aromatic carbocycles. The van der Waals surface area contributed by atoms with Crippen LogP contribution in [0.3, 0.4) is 0 Å². The van der Waals surface area contributed by atoms with Gasteiger partial charge >= 0.3 is 0 Å². The second-order valence-corrected chi connectivity index (χ2v) is 14.4. The van der Waals surface area contributed by atoms with Crippen molar-refractivity contribution in [3.05, 3.63) is 108 Å². The third kappa shape index (κ3) is 4.86. The number of hydrogen-bond acceptors (Lipinski definition) is 6. The van der Waals surface area contributed by atoms with E-state index in [1.165, 1.54) is 36.4 Å². The van der Waals surface area contributed by atoms with Crippen molar-refractivity contribution in [3.63, 3.8) is 0 Å². The van der Waals surface area contributed by atoms with E-state index >= 15 is 0 Å². The predicted molar refractivity (Wildman–Crippen MR) is 136 cm³/mol. The zero-order chi connectivity index (χ0) is 26.3. The maximum absolute atomic E-state index is 13.5. The standard InChI is InChI=1S/C27H24O6S3/c1-19-4-10-22(11-5-19)34(28,29)25-16-26(35(30,31)23-12-6-20(2)7-13-23)18-27(17-25)36(32,33)24-14-8-21(3)9-15-24/h4-18H,1-3H3. The van der Waals surface area contributed by atoms with Crippen LogP contribution in [0.2, 0.25) is 0 Å². The average Bonchev–Trinajstić information content (AvgIpc) is 2.84. The summed E-state index contributed by atoms with van der Waals surface area (Å²) in [6.07, 6.45) is 0. The molecule has 6 nitrogen and oxygen atoms in total. The van der Waals surface area contributed by atoms with E-state index in [1.54, 1.807) is 57.2 Å². The van der Waals surface area contributed by atoms with Gasteiger partial charge in [-0.3, -0.25) is 0 Å². The van der Waals surface area contributed by atoms with Gasteiger partial charge in [-0.2, -0.15) is 0 Å². The molecule has 9 heteroatoms. The van der Waals surface area contributed by atoms with E-state index in [0.29, 0.717) is 0 Å². The number of sulfone groups is 3. The van der Waals surface area contributed by atoms with Crippen molar-refractivity contribution in [2.45, 2.75) is 50.1 Å². The summed E-state index contributed by atoms with van der Waals surface area (Å²) in [4.78, 5) is -1.49. The predicted octanol–water partition coefficient (Wildman–Crippen LogP) is 5.11. The number of benzene rings is 4. The summed E-state index contributed by atoms with van der Waals surface area (Å²) < 4.78 is 80.9. The summed E-state index contributed by atoms with van der Waals surface area (Å²) in [5.74, 6) is 0. The van der Waals surface area contributed by atoms with Gasteiger partial charge in [-0.1, -0.05) is 53.1 Å². The third-order valence-corrected chi connectivity index (χ3v) is 11.0. The Morgan fingerprint density at radius 1 is 0.333 bits per heavy atom. The van der Waals surface area contributed by atoms with Gasteiger partial charge in [-0.15, -0.1) is 0 Å². The maximum Gasteiger partial charge on any atom is 0.206 e. The van der Waals surface area contributed by atoms with Crippen LogP contribution in [0.4, 0.5) is 0 Å². The largest absolute Gasteiger partial charge is 0.219 e. The average molecular weight is 541 g/mol. The highest BCUT2D eigenvalue weighted by Gasteiger charge is 2.28. The van der Waals surface area contributed by atoms with Crippen LogP contribution in [0.15, 0.2) is 120 Å². The molecule has 0 aliphatic rings. The van der Waals surface area contributed by atoms with Crippen molar-refractivity contribution in [1.82, 2.24) is 0 Å². The molecular weight excluding hydrogens is 516 g/mol. The summed E-state index contributed by atoms with van der Waals surface area (Å²) in [6.45, 7) is 5.41. The first-order valence-corrected chi connectivity index (χ1v) is 15.4. The summed E-state index contributed by atoms with van der Waals surface area (Å²) in [7, 11) is -12.7. The van der Waals surface area contributed by atoms with E-state index in [0.717, 1.165) is 34.9 Å². The Kier molecular flexibility index (Phi) is 6.68. The minimum Gasteiger partial charge on any atom is -0.219 e. The Morgan fingerprint density at radius 3 is 0.722 bits per heavy atom. The molecule has 0 fully saturated rings. The van der Waals surface area contributed by atoms with Crippen LogP contribution in [0.5, 0.6) is 0 Å². The van der Waals surface area contributed by atoms with Gasteiger partial charge < -0.3 is 0 Å². The first-order valence-electron chi connectivity index (χ1n) is 10.9. The van der Waals surface area contributed by atoms with Gasteiger partial charge in [0.2, 0.25) is 29.5 Å². The molecule has 4 rings (SSSR count). The quantitative estimate of drug-likeness (QED) is 0.337. The lowest BCUT2D eigenvalue weighted by Crippen LogP contribution is -2.10. The lowest BCUT2D eigenvalue weighted by molar-refractivity contribution is 0.591. The molecule has 0 radical (unpaired) electrons. The molecule has 0 saturated heterocycles. The molecule has 0 heterocycles. The normalized spacial score (nSPS) is 12.4. The molecule has 0 unspecified atom stereocenters. The summed E-state index contributed by atoms with van der Waals surface area (Å²) in [6, 6.07) is 21.1. The van der Waals surface area contributed by atoms with E-state index < -0.39 is 44.2 Å². The zero-order valence-electron chi connectivity index (χ0n) is 19.8. The van der Waals surface area contributed by atoms with Crippen molar-refractivity contribution in [1.29, 1.82) is 0 Å². The molecule has 0 saturated carbocycles.